The molecule has 5 rings (SSSR count). The van der Waals surface area contributed by atoms with E-state index in [2.05, 4.69) is 18.0 Å². The second-order valence-electron chi connectivity index (χ2n) is 17.2. The number of nitro benzene ring substituents is 1. The molecule has 61 heavy (non-hydrogen) atoms. The smallest absolute Gasteiger partial charge is 0.412 e. The summed E-state index contributed by atoms with van der Waals surface area (Å²) in [5.74, 6) is -1.60. The minimum atomic E-state index is -1.49. The van der Waals surface area contributed by atoms with Gasteiger partial charge in [-0.1, -0.05) is 57.8 Å². The summed E-state index contributed by atoms with van der Waals surface area (Å²) in [6.45, 7) is 14.9. The molecule has 1 heterocycles. The van der Waals surface area contributed by atoms with Gasteiger partial charge < -0.3 is 39.3 Å². The molecule has 0 spiro atoms. The van der Waals surface area contributed by atoms with Gasteiger partial charge in [-0.25, -0.2) is 9.59 Å². The molecule has 2 aromatic carbocycles. The fourth-order valence-electron chi connectivity index (χ4n) is 8.87. The molecule has 2 aliphatic carbocycles. The molecule has 3 aliphatic rings. The van der Waals surface area contributed by atoms with E-state index in [0.717, 1.165) is 36.8 Å². The Morgan fingerprint density at radius 3 is 2.44 bits per heavy atom. The predicted octanol–water partition coefficient (Wildman–Crippen LogP) is 8.43. The summed E-state index contributed by atoms with van der Waals surface area (Å²) in [5, 5.41) is 38.6. The highest BCUT2D eigenvalue weighted by Gasteiger charge is 2.65. The van der Waals surface area contributed by atoms with Crippen LogP contribution in [-0.2, 0) is 20.9 Å². The number of hydrogen-bond acceptors (Lipinski definition) is 12. The van der Waals surface area contributed by atoms with Gasteiger partial charge in [-0.15, -0.1) is 6.58 Å². The SMILES string of the molecule is C=CCOC12Oc3ccc(OC(=O)NCC)cc3C3C(CCCCO)C(CCCCO)C=C(C(=NOCc4ccc([N+](=O)[O-])cc4)CC1N(CCC)C(=O)OCC(C)(C)C)C32. The number of nitro groups is 1. The third-order valence-electron chi connectivity index (χ3n) is 11.4. The number of rotatable bonds is 21. The molecule has 15 nitrogen and oxygen atoms in total. The van der Waals surface area contributed by atoms with Crippen LogP contribution >= 0.6 is 0 Å². The van der Waals surface area contributed by atoms with Crippen LogP contribution in [0.1, 0.15) is 103 Å². The Kier molecular flexibility index (Phi) is 16.7. The zero-order valence-corrected chi connectivity index (χ0v) is 36.3. The number of aliphatic hydroxyl groups is 2. The molecule has 2 amide bonds. The number of nitrogens with zero attached hydrogens (tertiary/aromatic N) is 3. The van der Waals surface area contributed by atoms with Crippen molar-refractivity contribution in [3.8, 4) is 11.5 Å². The third kappa shape index (κ3) is 11.5. The molecule has 1 saturated carbocycles. The van der Waals surface area contributed by atoms with Crippen LogP contribution in [0.5, 0.6) is 11.5 Å². The number of amides is 2. The van der Waals surface area contributed by atoms with Crippen LogP contribution in [0, 0.1) is 33.3 Å². The number of carbonyl (C=O) groups excluding carboxylic acids is 2. The topological polar surface area (TPSA) is 192 Å². The number of oxime groups is 1. The number of carbonyl (C=O) groups is 2. The summed E-state index contributed by atoms with van der Waals surface area (Å²) in [6.07, 6.45) is 7.77. The van der Waals surface area contributed by atoms with Gasteiger partial charge in [0.1, 0.15) is 24.1 Å². The van der Waals surface area contributed by atoms with Crippen molar-refractivity contribution in [1.82, 2.24) is 10.2 Å². The normalized spacial score (nSPS) is 23.4. The average Bonchev–Trinajstić information content (AvgIpc) is 3.23. The van der Waals surface area contributed by atoms with Crippen LogP contribution < -0.4 is 14.8 Å². The van der Waals surface area contributed by atoms with E-state index in [1.165, 1.54) is 12.1 Å². The fraction of sp³-hybridized carbons (Fsp3) is 0.587. The van der Waals surface area contributed by atoms with Gasteiger partial charge in [0.25, 0.3) is 5.69 Å². The molecule has 0 radical (unpaired) electrons. The van der Waals surface area contributed by atoms with Crippen molar-refractivity contribution in [2.24, 2.45) is 28.3 Å². The molecule has 2 aromatic rings. The van der Waals surface area contributed by atoms with E-state index in [0.29, 0.717) is 55.1 Å². The summed E-state index contributed by atoms with van der Waals surface area (Å²) in [6, 6.07) is 10.6. The molecular formula is C46H64N4O11. The molecule has 0 bridgehead atoms. The molecule has 0 aromatic heterocycles. The summed E-state index contributed by atoms with van der Waals surface area (Å²) >= 11 is 0. The minimum absolute atomic E-state index is 0.0163. The minimum Gasteiger partial charge on any atom is -0.459 e. The molecule has 15 heteroatoms. The van der Waals surface area contributed by atoms with Crippen LogP contribution in [0.4, 0.5) is 15.3 Å². The zero-order valence-electron chi connectivity index (χ0n) is 36.3. The van der Waals surface area contributed by atoms with E-state index in [1.807, 2.05) is 40.7 Å². The predicted molar refractivity (Wildman–Crippen MR) is 230 cm³/mol. The number of ether oxygens (including phenoxy) is 4. The van der Waals surface area contributed by atoms with E-state index in [1.54, 1.807) is 35.2 Å². The molecule has 1 fully saturated rings. The fourth-order valence-corrected chi connectivity index (χ4v) is 8.87. The van der Waals surface area contributed by atoms with Gasteiger partial charge in [0, 0.05) is 56.3 Å². The van der Waals surface area contributed by atoms with Crippen molar-refractivity contribution in [1.29, 1.82) is 0 Å². The number of fused-ring (bicyclic) bond motifs is 2. The van der Waals surface area contributed by atoms with Crippen molar-refractivity contribution in [3.63, 3.8) is 0 Å². The Labute approximate surface area is 359 Å². The highest BCUT2D eigenvalue weighted by atomic mass is 16.7. The Balaban J connectivity index is 1.75. The van der Waals surface area contributed by atoms with E-state index in [9.17, 15) is 29.9 Å². The summed E-state index contributed by atoms with van der Waals surface area (Å²) in [5.41, 5.74) is 2.57. The maximum Gasteiger partial charge on any atom is 0.412 e. The van der Waals surface area contributed by atoms with Gasteiger partial charge >= 0.3 is 12.2 Å². The summed E-state index contributed by atoms with van der Waals surface area (Å²) in [4.78, 5) is 45.8. The Morgan fingerprint density at radius 1 is 1.08 bits per heavy atom. The van der Waals surface area contributed by atoms with E-state index in [-0.39, 0.29) is 68.3 Å². The molecule has 6 unspecified atom stereocenters. The highest BCUT2D eigenvalue weighted by Crippen LogP contribution is 2.62. The van der Waals surface area contributed by atoms with Crippen LogP contribution in [0.15, 0.2) is 71.9 Å². The lowest BCUT2D eigenvalue weighted by Gasteiger charge is -2.60. The molecule has 0 saturated heterocycles. The number of hydrogen-bond donors (Lipinski definition) is 3. The number of allylic oxidation sites excluding steroid dienone is 1. The number of nitrogens with one attached hydrogen (secondary N) is 1. The standard InChI is InChI=1S/C46H64N4O11/c1-7-22-49(44(54)57-30-45(4,5)6)40-28-38(48-59-29-31-16-18-33(19-17-31)50(55)56)36-26-32(14-10-12-23-51)35(15-11-13-24-52)41-37-27-34(60-43(53)47-9-3)20-21-39(37)61-46(40,42(36)41)58-25-8-2/h8,16-21,26-27,32,35,40-42,51-52H,2,7,9-15,22-25,28-30H2,1,3-6H3,(H,47,53). The lowest BCUT2D eigenvalue weighted by Crippen LogP contribution is -2.70. The monoisotopic (exact) mass is 848 g/mol. The first-order valence-corrected chi connectivity index (χ1v) is 21.6. The van der Waals surface area contributed by atoms with Crippen LogP contribution in [0.25, 0.3) is 0 Å². The Hall–Kier alpha value is -4.99. The molecular weight excluding hydrogens is 785 g/mol. The van der Waals surface area contributed by atoms with Crippen LogP contribution in [0.3, 0.4) is 0 Å². The van der Waals surface area contributed by atoms with Gasteiger partial charge in [-0.05, 0) is 97.7 Å². The van der Waals surface area contributed by atoms with Gasteiger partial charge in [-0.2, -0.15) is 0 Å². The number of aliphatic hydroxyl groups excluding tert-OH is 2. The van der Waals surface area contributed by atoms with Crippen LogP contribution in [-0.4, -0.2) is 89.3 Å². The van der Waals surface area contributed by atoms with Gasteiger partial charge in [0.05, 0.1) is 29.8 Å². The first kappa shape index (κ1) is 47.1. The summed E-state index contributed by atoms with van der Waals surface area (Å²) in [7, 11) is 0. The van der Waals surface area contributed by atoms with E-state index < -0.39 is 34.9 Å². The van der Waals surface area contributed by atoms with Crippen molar-refractivity contribution in [2.45, 2.75) is 110 Å². The largest absolute Gasteiger partial charge is 0.459 e. The molecule has 3 N–H and O–H groups in total. The number of benzene rings is 2. The van der Waals surface area contributed by atoms with Crippen LogP contribution in [0.2, 0.25) is 0 Å². The second kappa shape index (κ2) is 21.7. The van der Waals surface area contributed by atoms with Crippen molar-refractivity contribution in [3.05, 3.63) is 88.0 Å². The maximum atomic E-state index is 14.4. The molecule has 1 aliphatic heterocycles. The third-order valence-corrected chi connectivity index (χ3v) is 11.4. The maximum absolute atomic E-state index is 14.4. The van der Waals surface area contributed by atoms with Crippen molar-refractivity contribution >= 4 is 23.6 Å². The molecule has 6 atom stereocenters. The van der Waals surface area contributed by atoms with Gasteiger partial charge in [-0.3, -0.25) is 15.0 Å². The van der Waals surface area contributed by atoms with E-state index in [4.69, 9.17) is 28.9 Å². The van der Waals surface area contributed by atoms with Gasteiger partial charge in [0.15, 0.2) is 0 Å². The average molecular weight is 849 g/mol. The second-order valence-corrected chi connectivity index (χ2v) is 17.2. The Morgan fingerprint density at radius 2 is 1.80 bits per heavy atom. The van der Waals surface area contributed by atoms with E-state index >= 15 is 0 Å². The van der Waals surface area contributed by atoms with Gasteiger partial charge in [0.2, 0.25) is 5.79 Å². The lowest BCUT2D eigenvalue weighted by atomic mass is 9.55. The number of unbranched alkanes of at least 4 members (excludes halogenated alkanes) is 2. The Bertz CT molecular complexity index is 1880. The number of non-ortho nitro benzene ring substituents is 1. The quantitative estimate of drug-likeness (QED) is 0.0473. The first-order chi connectivity index (χ1) is 29.3. The summed E-state index contributed by atoms with van der Waals surface area (Å²) < 4.78 is 26.0. The van der Waals surface area contributed by atoms with Crippen molar-refractivity contribution < 1.29 is 48.5 Å². The lowest BCUT2D eigenvalue weighted by molar-refractivity contribution is -0.384. The zero-order chi connectivity index (χ0) is 44.2. The first-order valence-electron chi connectivity index (χ1n) is 21.6. The molecule has 334 valence electrons. The van der Waals surface area contributed by atoms with Crippen molar-refractivity contribution in [2.75, 3.05) is 39.5 Å². The highest BCUT2D eigenvalue weighted by molar-refractivity contribution is 6.03.